The number of morpholine rings is 1. The van der Waals surface area contributed by atoms with E-state index in [-0.39, 0.29) is 11.3 Å². The normalized spacial score (nSPS) is 31.7. The zero-order valence-electron chi connectivity index (χ0n) is 22.4. The molecule has 4 rings (SSSR count). The second-order valence-electron chi connectivity index (χ2n) is 9.52. The van der Waals surface area contributed by atoms with E-state index in [1.165, 1.54) is 57.6 Å². The SMILES string of the molecule is C1COCCN1.CN.CNC(=O)CC[C@H]1CCC2SC(C)/C(=C\N)C21C.COC1CCCCC1. The summed E-state index contributed by atoms with van der Waals surface area (Å²) in [6, 6.07) is 0. The molecule has 2 aliphatic heterocycles. The number of nitrogens with two attached hydrogens (primary N) is 2. The van der Waals surface area contributed by atoms with Crippen molar-refractivity contribution in [1.82, 2.24) is 10.6 Å². The molecule has 34 heavy (non-hydrogen) atoms. The molecular formula is C26H52N4O3S. The third-order valence-corrected chi connectivity index (χ3v) is 9.35. The fraction of sp³-hybridized carbons (Fsp3) is 0.885. The first-order valence-corrected chi connectivity index (χ1v) is 14.1. The molecule has 6 N–H and O–H groups in total. The maximum Gasteiger partial charge on any atom is 0.219 e. The highest BCUT2D eigenvalue weighted by molar-refractivity contribution is 8.01. The molecule has 1 amide bonds. The molecule has 0 aromatic heterocycles. The van der Waals surface area contributed by atoms with Crippen LogP contribution in [0.25, 0.3) is 0 Å². The molecule has 2 aliphatic carbocycles. The molecule has 7 nitrogen and oxygen atoms in total. The molecule has 0 aromatic carbocycles. The Morgan fingerprint density at radius 1 is 1.21 bits per heavy atom. The predicted octanol–water partition coefficient (Wildman–Crippen LogP) is 3.42. The lowest BCUT2D eigenvalue weighted by Crippen LogP contribution is -2.31. The van der Waals surface area contributed by atoms with Crippen LogP contribution in [0.2, 0.25) is 0 Å². The first kappa shape index (κ1) is 31.2. The van der Waals surface area contributed by atoms with Gasteiger partial charge in [-0.3, -0.25) is 4.79 Å². The minimum absolute atomic E-state index is 0.152. The minimum Gasteiger partial charge on any atom is -0.405 e. The topological polar surface area (TPSA) is 112 Å². The van der Waals surface area contributed by atoms with Crippen molar-refractivity contribution in [3.8, 4) is 0 Å². The Labute approximate surface area is 212 Å². The van der Waals surface area contributed by atoms with E-state index in [2.05, 4.69) is 42.0 Å². The Kier molecular flexibility index (Phi) is 16.2. The van der Waals surface area contributed by atoms with Crippen LogP contribution in [0.15, 0.2) is 11.8 Å². The fourth-order valence-electron chi connectivity index (χ4n) is 5.61. The highest BCUT2D eigenvalue weighted by Crippen LogP contribution is 2.62. The van der Waals surface area contributed by atoms with E-state index >= 15 is 0 Å². The number of rotatable bonds is 4. The van der Waals surface area contributed by atoms with Gasteiger partial charge in [0.1, 0.15) is 0 Å². The molecule has 0 aromatic rings. The average Bonchev–Trinajstić information content (AvgIpc) is 3.34. The molecule has 200 valence electrons. The Bertz CT molecular complexity index is 571. The Morgan fingerprint density at radius 2 is 1.85 bits per heavy atom. The number of amides is 1. The monoisotopic (exact) mass is 500 g/mol. The number of fused-ring (bicyclic) bond motifs is 1. The number of hydrogen-bond donors (Lipinski definition) is 4. The third kappa shape index (κ3) is 9.34. The van der Waals surface area contributed by atoms with Gasteiger partial charge in [-0.25, -0.2) is 0 Å². The van der Waals surface area contributed by atoms with Gasteiger partial charge in [0.2, 0.25) is 5.91 Å². The Hall–Kier alpha value is -0.800. The van der Waals surface area contributed by atoms with Gasteiger partial charge in [0.15, 0.2) is 0 Å². The Balaban J connectivity index is 0.000000296. The summed E-state index contributed by atoms with van der Waals surface area (Å²) in [7, 11) is 5.02. The zero-order chi connectivity index (χ0) is 25.4. The largest absolute Gasteiger partial charge is 0.405 e. The molecule has 8 heteroatoms. The van der Waals surface area contributed by atoms with Crippen molar-refractivity contribution >= 4 is 17.7 Å². The van der Waals surface area contributed by atoms with Gasteiger partial charge < -0.3 is 31.6 Å². The van der Waals surface area contributed by atoms with Gasteiger partial charge in [-0.15, -0.1) is 11.8 Å². The van der Waals surface area contributed by atoms with Crippen molar-refractivity contribution in [1.29, 1.82) is 0 Å². The summed E-state index contributed by atoms with van der Waals surface area (Å²) >= 11 is 2.06. The first-order chi connectivity index (χ1) is 16.5. The van der Waals surface area contributed by atoms with Crippen molar-refractivity contribution in [2.24, 2.45) is 22.8 Å². The molecule has 0 bridgehead atoms. The van der Waals surface area contributed by atoms with Crippen LogP contribution in [0.5, 0.6) is 0 Å². The summed E-state index contributed by atoms with van der Waals surface area (Å²) in [6.07, 6.45) is 13.3. The summed E-state index contributed by atoms with van der Waals surface area (Å²) < 4.78 is 10.2. The van der Waals surface area contributed by atoms with E-state index in [1.807, 2.05) is 13.3 Å². The average molecular weight is 501 g/mol. The third-order valence-electron chi connectivity index (χ3n) is 7.63. The van der Waals surface area contributed by atoms with Crippen molar-refractivity contribution in [2.75, 3.05) is 47.5 Å². The second-order valence-corrected chi connectivity index (χ2v) is 11.1. The van der Waals surface area contributed by atoms with Gasteiger partial charge in [0.05, 0.1) is 19.3 Å². The zero-order valence-corrected chi connectivity index (χ0v) is 23.2. The van der Waals surface area contributed by atoms with E-state index in [0.29, 0.717) is 28.9 Å². The molecule has 2 saturated carbocycles. The standard InChI is InChI=1S/C14H24N2OS.C7H14O.C4H9NO.CH5N/c1-9-11(8-15)14(2)10(4-6-12(14)18-9)5-7-13(17)16-3;1-8-7-5-3-2-4-6-7;1-3-6-4-2-5-1;1-2/h8-10,12H,4-7,15H2,1-3H3,(H,16,17);7H,2-6H2,1H3;5H,1-4H2;2H2,1H3/b11-8+;;;/t9?,10-,12?,14?;;;/m1.../s1. The summed E-state index contributed by atoms with van der Waals surface area (Å²) in [5, 5.41) is 7.10. The van der Waals surface area contributed by atoms with Gasteiger partial charge in [-0.1, -0.05) is 26.2 Å². The van der Waals surface area contributed by atoms with E-state index in [4.69, 9.17) is 15.2 Å². The fourth-order valence-corrected chi connectivity index (χ4v) is 7.47. The van der Waals surface area contributed by atoms with Crippen LogP contribution in [0, 0.1) is 11.3 Å². The molecule has 4 aliphatic rings. The molecule has 4 fully saturated rings. The van der Waals surface area contributed by atoms with Crippen LogP contribution in [-0.4, -0.2) is 70.0 Å². The van der Waals surface area contributed by atoms with Crippen LogP contribution in [0.3, 0.4) is 0 Å². The molecule has 3 unspecified atom stereocenters. The summed E-state index contributed by atoms with van der Waals surface area (Å²) in [5.41, 5.74) is 12.0. The van der Waals surface area contributed by atoms with E-state index < -0.39 is 0 Å². The van der Waals surface area contributed by atoms with Crippen molar-refractivity contribution in [3.05, 3.63) is 11.8 Å². The Morgan fingerprint density at radius 3 is 2.29 bits per heavy atom. The van der Waals surface area contributed by atoms with Crippen LogP contribution >= 0.6 is 11.8 Å². The summed E-state index contributed by atoms with van der Waals surface area (Å²) in [4.78, 5) is 11.4. The number of thioether (sulfide) groups is 1. The lowest BCUT2D eigenvalue weighted by Gasteiger charge is -2.33. The van der Waals surface area contributed by atoms with Crippen molar-refractivity contribution in [2.45, 2.75) is 88.2 Å². The lowest BCUT2D eigenvalue weighted by atomic mass is 9.71. The quantitative estimate of drug-likeness (QED) is 0.468. The summed E-state index contributed by atoms with van der Waals surface area (Å²) in [6.45, 7) is 8.44. The maximum atomic E-state index is 11.4. The second kappa shape index (κ2) is 17.6. The van der Waals surface area contributed by atoms with Crippen molar-refractivity contribution < 1.29 is 14.3 Å². The van der Waals surface area contributed by atoms with E-state index in [0.717, 1.165) is 32.7 Å². The van der Waals surface area contributed by atoms with Crippen LogP contribution in [-0.2, 0) is 14.3 Å². The first-order valence-electron chi connectivity index (χ1n) is 13.1. The summed E-state index contributed by atoms with van der Waals surface area (Å²) in [5.74, 6) is 0.756. The minimum atomic E-state index is 0.152. The highest BCUT2D eigenvalue weighted by Gasteiger charge is 2.54. The predicted molar refractivity (Wildman–Crippen MR) is 145 cm³/mol. The number of hydrogen-bond acceptors (Lipinski definition) is 7. The van der Waals surface area contributed by atoms with Crippen molar-refractivity contribution in [3.63, 3.8) is 0 Å². The number of nitrogens with one attached hydrogen (secondary N) is 2. The number of ether oxygens (including phenoxy) is 2. The molecule has 4 atom stereocenters. The van der Waals surface area contributed by atoms with E-state index in [1.54, 1.807) is 7.05 Å². The number of methoxy groups -OCH3 is 1. The van der Waals surface area contributed by atoms with Crippen LogP contribution in [0.1, 0.15) is 71.6 Å². The molecule has 0 radical (unpaired) electrons. The number of carbonyl (C=O) groups is 1. The molecule has 2 saturated heterocycles. The number of carbonyl (C=O) groups excluding carboxylic acids is 1. The smallest absolute Gasteiger partial charge is 0.219 e. The molecule has 0 spiro atoms. The van der Waals surface area contributed by atoms with Gasteiger partial charge in [0.25, 0.3) is 0 Å². The van der Waals surface area contributed by atoms with E-state index in [9.17, 15) is 4.79 Å². The van der Waals surface area contributed by atoms with Crippen LogP contribution in [0.4, 0.5) is 0 Å². The maximum absolute atomic E-state index is 11.4. The van der Waals surface area contributed by atoms with Gasteiger partial charge in [-0.2, -0.15) is 0 Å². The van der Waals surface area contributed by atoms with Gasteiger partial charge in [0, 0.05) is 49.6 Å². The lowest BCUT2D eigenvalue weighted by molar-refractivity contribution is -0.121. The molecule has 2 heterocycles. The van der Waals surface area contributed by atoms with Gasteiger partial charge in [-0.05, 0) is 63.8 Å². The van der Waals surface area contributed by atoms with Gasteiger partial charge >= 0.3 is 0 Å². The molecular weight excluding hydrogens is 448 g/mol. The van der Waals surface area contributed by atoms with Crippen LogP contribution < -0.4 is 22.1 Å². The highest BCUT2D eigenvalue weighted by atomic mass is 32.2.